The number of benzene rings is 9. The third-order valence-corrected chi connectivity index (χ3v) is 26.6. The predicted molar refractivity (Wildman–Crippen MR) is 616 cm³/mol. The minimum atomic E-state index is -3.47. The predicted octanol–water partition coefficient (Wildman–Crippen LogP) is 23.0. The number of hydrogen-bond donors (Lipinski definition) is 9. The van der Waals surface area contributed by atoms with Gasteiger partial charge in [0.15, 0.2) is 11.6 Å². The Kier molecular flexibility index (Phi) is 82.6. The number of hydroxylamine groups is 2. The molecule has 147 heavy (non-hydrogen) atoms. The normalized spacial score (nSPS) is 15.9. The molecule has 9 aromatic carbocycles. The van der Waals surface area contributed by atoms with Gasteiger partial charge in [0.05, 0.1) is 63.0 Å². The number of hydrogen-bond acceptors (Lipinski definition) is 20. The molecule has 34 heteroatoms. The SMILES string of the molecule is C.C.C.C.C.C.C.CC[C@@H](C)C(=O)N(C)OC.CC[C@@H](C)C(=O)c1ccc(Cl)cc1.C[C@H](CN1CCCC1)[C@H](O)c1ccc(Cl)cc1.C[C@H](CO)C(=O)c1ccc(Cl)cc1.C[C@H](CO)[C@H](O)c1ccc(Cl)cc1.C[C@H](COS(C)(=O)=O)[C@H](O)c1ccc(Cl)cc1.Clc1cc[c-]cc1.N[C@H](CN1CCCC1)[C@H](O)c1ccc(Cl)cc1.O=C(N[C@H](CN1CCCC1)[C@H](O)c1ccc(Cl)cc1)[C@@H]1CCN(c2ccc(Cl)cc2)C1.[Br-].[Mg+2]. The van der Waals surface area contributed by atoms with Crippen molar-refractivity contribution in [3.8, 4) is 0 Å². The van der Waals surface area contributed by atoms with E-state index < -0.39 is 40.6 Å². The number of anilines is 1. The summed E-state index contributed by atoms with van der Waals surface area (Å²) in [6, 6.07) is 66.5. The van der Waals surface area contributed by atoms with E-state index in [-0.39, 0.29) is 189 Å². The van der Waals surface area contributed by atoms with Gasteiger partial charge in [-0.05, 0) is 264 Å². The number of carbonyl (C=O) groups is 4. The average Bonchev–Trinajstić information content (AvgIpc) is 1.69. The largest absolute Gasteiger partial charge is 2.00 e. The number of rotatable bonds is 32. The number of nitrogens with one attached hydrogen (secondary N) is 1. The molecular formula is C113H167BrCl9MgN7O15S. The number of aliphatic hydroxyl groups is 7. The van der Waals surface area contributed by atoms with Crippen LogP contribution in [0.1, 0.15) is 244 Å². The first-order valence-corrected chi connectivity index (χ1v) is 51.8. The maximum Gasteiger partial charge on any atom is 2.00 e. The summed E-state index contributed by atoms with van der Waals surface area (Å²) >= 11 is 52.0. The maximum atomic E-state index is 13.1. The molecular weight excluding hydrogens is 2150 g/mol. The standard InChI is InChI=1S/C24H29Cl2N3O2.C14H20ClNO.C13H19ClN2O.C11H15ClO4S.C11H13ClO.C10H13ClO2.C10H11ClO2.C7H15NO2.C6H4Cl.7CH4.BrH.Mg/c25-19-5-3-17(4-6-19)23(30)22(16-28-12-1-2-13-28)27-24(31)18-11-14-29(15-18)21-9-7-20(26)8-10-21;1-11(10-16-8-2-3-9-16)14(17)12-4-6-13(15)7-5-12;14-11-5-3-10(4-6-11)13(17)12(15)9-16-7-1-2-8-16;1-8(7-16-17(2,14)15)11(13)9-3-5-10(12)6-4-9;1-3-8(2)11(13)9-4-6-10(12)7-5-9;2*1-7(6-12)10(13)8-2-4-9(11)5-3-8;1-5-6(2)7(9)8(3)10-4;7-6-4-2-1-3-5-6;;;;;;;;;/h3-10,18,22-23,30H,1-2,11-16H2,(H,27,31);4-7,11,14,17H,2-3,8-10H2,1H3;3-6,12-13,17H,1-2,7-9,15H2;3-6,8,11,13H,7H2,1-2H3;4-8H,3H2,1-2H3;2-5,7,10,12-13H,6H2,1H3;2-5,7,12H,6H2,1H3;6H,5H2,1-4H3;2-5H;7*1H4;1H;/q;;;;;;;;-1;;;;;;;;;+2/p-1/t18-,22-,23-;11-,14+;12-,13-;8-,11+;8-;7-,10+;7-;6-;;;;;;;;;;/m11111111........../s1. The second-order valence-electron chi connectivity index (χ2n) is 35.0. The second kappa shape index (κ2) is 81.1. The molecule has 0 bridgehead atoms. The van der Waals surface area contributed by atoms with Gasteiger partial charge in [0.25, 0.3) is 10.1 Å². The molecule has 0 aromatic heterocycles. The molecule has 4 aliphatic heterocycles. The Morgan fingerprint density at radius 2 is 0.735 bits per heavy atom. The number of aliphatic hydroxyl groups excluding tert-OH is 7. The Labute approximate surface area is 953 Å². The van der Waals surface area contributed by atoms with Crippen LogP contribution in [-0.2, 0) is 28.7 Å². The molecule has 4 fully saturated rings. The number of Topliss-reactive ketones (excluding diaryl/α,β-unsaturated/α-hetero) is 2. The van der Waals surface area contributed by atoms with Crippen molar-refractivity contribution in [1.82, 2.24) is 25.1 Å². The van der Waals surface area contributed by atoms with Gasteiger partial charge in [-0.25, -0.2) is 5.06 Å². The van der Waals surface area contributed by atoms with Crippen molar-refractivity contribution in [2.75, 3.05) is 117 Å². The number of carbonyl (C=O) groups excluding carboxylic acids is 4. The van der Waals surface area contributed by atoms with E-state index in [4.69, 9.17) is 125 Å². The third-order valence-electron chi connectivity index (χ3n) is 23.8. The Balaban J connectivity index is -0.000000524. The molecule has 9 aromatic rings. The minimum absolute atomic E-state index is 0. The van der Waals surface area contributed by atoms with E-state index in [0.29, 0.717) is 64.4 Å². The van der Waals surface area contributed by atoms with Crippen LogP contribution >= 0.6 is 104 Å². The average molecular weight is 2320 g/mol. The first kappa shape index (κ1) is 150. The summed E-state index contributed by atoms with van der Waals surface area (Å²) in [6.07, 6.45) is 7.70. The molecule has 822 valence electrons. The summed E-state index contributed by atoms with van der Waals surface area (Å²) in [6.45, 7) is 25.4. The van der Waals surface area contributed by atoms with E-state index >= 15 is 0 Å². The smallest absolute Gasteiger partial charge is 1.00 e. The van der Waals surface area contributed by atoms with Crippen molar-refractivity contribution in [3.63, 3.8) is 0 Å². The zero-order valence-electron chi connectivity index (χ0n) is 81.7. The summed E-state index contributed by atoms with van der Waals surface area (Å²) in [7, 11) is -0.368. The van der Waals surface area contributed by atoms with Crippen LogP contribution in [-0.4, -0.2) is 235 Å². The molecule has 14 atom stereocenters. The second-order valence-corrected chi connectivity index (χ2v) is 40.5. The van der Waals surface area contributed by atoms with Gasteiger partial charge in [0.2, 0.25) is 11.8 Å². The number of likely N-dealkylation sites (tertiary alicyclic amines) is 3. The van der Waals surface area contributed by atoms with Gasteiger partial charge in [-0.2, -0.15) is 38.7 Å². The van der Waals surface area contributed by atoms with Gasteiger partial charge in [0, 0.05) is 139 Å². The Bertz CT molecular complexity index is 4900. The molecule has 4 saturated heterocycles. The Hall–Kier alpha value is -5.65. The summed E-state index contributed by atoms with van der Waals surface area (Å²) in [5, 5.41) is 79.2. The maximum absolute atomic E-state index is 13.1. The molecule has 10 N–H and O–H groups in total. The minimum Gasteiger partial charge on any atom is -1.00 e. The van der Waals surface area contributed by atoms with E-state index in [1.165, 1.54) is 50.9 Å². The van der Waals surface area contributed by atoms with Crippen LogP contribution in [0, 0.1) is 47.5 Å². The molecule has 13 rings (SSSR count). The van der Waals surface area contributed by atoms with Gasteiger partial charge >= 0.3 is 23.1 Å². The first-order valence-electron chi connectivity index (χ1n) is 46.6. The Morgan fingerprint density at radius 1 is 0.429 bits per heavy atom. The van der Waals surface area contributed by atoms with Crippen LogP contribution in [0.2, 0.25) is 45.2 Å². The fourth-order valence-electron chi connectivity index (χ4n) is 14.7. The van der Waals surface area contributed by atoms with E-state index in [9.17, 15) is 53.1 Å². The van der Waals surface area contributed by atoms with Crippen LogP contribution < -0.4 is 32.9 Å². The first-order chi connectivity index (χ1) is 65.6. The zero-order valence-corrected chi connectivity index (χ0v) is 92.4. The van der Waals surface area contributed by atoms with E-state index in [1.54, 1.807) is 173 Å². The molecule has 0 saturated carbocycles. The molecule has 22 nitrogen and oxygen atoms in total. The molecule has 2 amide bonds. The number of nitrogens with zero attached hydrogens (tertiary/aromatic N) is 5. The monoisotopic (exact) mass is 2310 g/mol. The van der Waals surface area contributed by atoms with E-state index in [1.807, 2.05) is 100 Å². The number of amides is 2. The molecule has 4 aliphatic rings. The van der Waals surface area contributed by atoms with Gasteiger partial charge in [0.1, 0.15) is 6.10 Å². The van der Waals surface area contributed by atoms with Gasteiger partial charge in [-0.1, -0.05) is 266 Å². The molecule has 0 spiro atoms. The zero-order chi connectivity index (χ0) is 102. The van der Waals surface area contributed by atoms with Gasteiger partial charge in [-0.15, -0.1) is 11.6 Å². The van der Waals surface area contributed by atoms with E-state index in [0.717, 1.165) is 123 Å². The third kappa shape index (κ3) is 57.4. The van der Waals surface area contributed by atoms with Crippen molar-refractivity contribution < 1.29 is 89.3 Å². The van der Waals surface area contributed by atoms with Gasteiger partial charge in [-0.3, -0.25) is 28.2 Å². The van der Waals surface area contributed by atoms with Crippen molar-refractivity contribution in [3.05, 3.63) is 309 Å². The summed E-state index contributed by atoms with van der Waals surface area (Å²) < 4.78 is 26.3. The van der Waals surface area contributed by atoms with Crippen LogP contribution in [0.5, 0.6) is 0 Å². The number of halogens is 10. The van der Waals surface area contributed by atoms with Crippen LogP contribution in [0.15, 0.2) is 218 Å². The summed E-state index contributed by atoms with van der Waals surface area (Å²) in [5.41, 5.74) is 12.5. The number of nitrogens with two attached hydrogens (primary N) is 1. The molecule has 0 unspecified atom stereocenters. The fourth-order valence-corrected chi connectivity index (χ4v) is 16.3. The van der Waals surface area contributed by atoms with Crippen molar-refractivity contribution in [1.29, 1.82) is 0 Å². The summed E-state index contributed by atoms with van der Waals surface area (Å²) in [5.74, 6) is -0.333. The fraction of sp³-hybridized carbons (Fsp3) is 0.487. The topological polar surface area (TPSA) is 317 Å². The van der Waals surface area contributed by atoms with Crippen molar-refractivity contribution in [2.45, 2.75) is 208 Å². The van der Waals surface area contributed by atoms with Crippen LogP contribution in [0.25, 0.3) is 0 Å². The quantitative estimate of drug-likeness (QED) is 0.00622. The summed E-state index contributed by atoms with van der Waals surface area (Å²) in [4.78, 5) is 61.4. The number of ketones is 2. The molecule has 0 radical (unpaired) electrons. The van der Waals surface area contributed by atoms with Crippen molar-refractivity contribution >= 4 is 167 Å². The molecule has 4 heterocycles. The van der Waals surface area contributed by atoms with Crippen LogP contribution in [0.3, 0.4) is 0 Å². The Morgan fingerprint density at radius 3 is 1.06 bits per heavy atom. The van der Waals surface area contributed by atoms with Crippen molar-refractivity contribution in [2.24, 2.45) is 47.2 Å². The van der Waals surface area contributed by atoms with Crippen LogP contribution in [0.4, 0.5) is 5.69 Å². The molecule has 0 aliphatic carbocycles. The van der Waals surface area contributed by atoms with E-state index in [2.05, 4.69) is 42.1 Å². The van der Waals surface area contributed by atoms with Gasteiger partial charge < -0.3 is 83.4 Å².